The molecule has 3 rings (SSSR count). The number of carbonyl (C=O) groups excluding carboxylic acids is 2. The fourth-order valence-electron chi connectivity index (χ4n) is 3.77. The maximum atomic E-state index is 13.1. The van der Waals surface area contributed by atoms with E-state index in [1.165, 1.54) is 0 Å². The molecule has 0 aliphatic carbocycles. The van der Waals surface area contributed by atoms with E-state index in [0.717, 1.165) is 0 Å². The van der Waals surface area contributed by atoms with Crippen molar-refractivity contribution in [2.75, 3.05) is 37.4 Å². The van der Waals surface area contributed by atoms with Crippen molar-refractivity contribution in [2.45, 2.75) is 32.4 Å². The van der Waals surface area contributed by atoms with Crippen LogP contribution in [0.25, 0.3) is 0 Å². The van der Waals surface area contributed by atoms with Crippen molar-refractivity contribution < 1.29 is 19.4 Å². The van der Waals surface area contributed by atoms with Gasteiger partial charge in [0.25, 0.3) is 0 Å². The maximum absolute atomic E-state index is 13.1. The Labute approximate surface area is 189 Å². The number of carbonyl (C=O) groups is 2. The van der Waals surface area contributed by atoms with Gasteiger partial charge in [-0.3, -0.25) is 4.79 Å². The molecule has 32 heavy (non-hydrogen) atoms. The Kier molecular flexibility index (Phi) is 8.08. The number of para-hydroxylation sites is 1. The molecule has 8 nitrogen and oxygen atoms in total. The van der Waals surface area contributed by atoms with Crippen molar-refractivity contribution in [1.82, 2.24) is 10.2 Å². The van der Waals surface area contributed by atoms with E-state index in [2.05, 4.69) is 16.0 Å². The number of anilines is 2. The second-order valence-electron chi connectivity index (χ2n) is 8.21. The first kappa shape index (κ1) is 23.6. The molecule has 0 aromatic heterocycles. The third-order valence-electron chi connectivity index (χ3n) is 5.61. The minimum Gasteiger partial charge on any atom is -0.488 e. The van der Waals surface area contributed by atoms with E-state index in [4.69, 9.17) is 4.74 Å². The normalized spacial score (nSPS) is 19.6. The lowest BCUT2D eigenvalue weighted by Gasteiger charge is -2.32. The van der Waals surface area contributed by atoms with Crippen molar-refractivity contribution in [2.24, 2.45) is 5.92 Å². The summed E-state index contributed by atoms with van der Waals surface area (Å²) in [5.41, 5.74) is 1.94. The van der Waals surface area contributed by atoms with E-state index in [1.807, 2.05) is 39.1 Å². The van der Waals surface area contributed by atoms with Gasteiger partial charge >= 0.3 is 6.03 Å². The van der Waals surface area contributed by atoms with Crippen molar-refractivity contribution in [3.05, 3.63) is 54.1 Å². The molecule has 0 radical (unpaired) electrons. The zero-order valence-corrected chi connectivity index (χ0v) is 18.8. The molecule has 8 heteroatoms. The summed E-state index contributed by atoms with van der Waals surface area (Å²) in [5.74, 6) is 0.595. The summed E-state index contributed by atoms with van der Waals surface area (Å²) in [6, 6.07) is 13.8. The Hall–Kier alpha value is -3.10. The summed E-state index contributed by atoms with van der Waals surface area (Å²) in [6.07, 6.45) is -0.0349. The van der Waals surface area contributed by atoms with E-state index in [-0.39, 0.29) is 43.0 Å². The number of fused-ring (bicyclic) bond motifs is 1. The van der Waals surface area contributed by atoms with Crippen LogP contribution in [-0.4, -0.2) is 60.8 Å². The van der Waals surface area contributed by atoms with Crippen LogP contribution >= 0.6 is 0 Å². The predicted octanol–water partition coefficient (Wildman–Crippen LogP) is 2.70. The average molecular weight is 441 g/mol. The van der Waals surface area contributed by atoms with E-state index in [1.54, 1.807) is 35.2 Å². The molecule has 0 unspecified atom stereocenters. The number of benzene rings is 2. The standard InChI is InChI=1S/C24H32N4O4/c1-16-14-28(17(2)15-29)23(30)12-18-11-20(9-10-21(18)32-22(16)13-25-3)27-24(31)26-19-7-5-4-6-8-19/h4-11,16-17,22,25,29H,12-15H2,1-3H3,(H2,26,27,31)/t16-,17-,22+/m0/s1. The van der Waals surface area contributed by atoms with Crippen LogP contribution in [0.4, 0.5) is 16.2 Å². The van der Waals surface area contributed by atoms with Crippen molar-refractivity contribution in [3.63, 3.8) is 0 Å². The van der Waals surface area contributed by atoms with Crippen LogP contribution in [0.2, 0.25) is 0 Å². The SMILES string of the molecule is CNC[C@H]1Oc2ccc(NC(=O)Nc3ccccc3)cc2CC(=O)N([C@@H](C)CO)C[C@@H]1C. The van der Waals surface area contributed by atoms with Gasteiger partial charge in [-0.05, 0) is 44.3 Å². The predicted molar refractivity (Wildman–Crippen MR) is 125 cm³/mol. The molecule has 0 saturated heterocycles. The number of rotatable bonds is 6. The van der Waals surface area contributed by atoms with Gasteiger partial charge in [-0.2, -0.15) is 0 Å². The van der Waals surface area contributed by atoms with Crippen LogP contribution in [0.1, 0.15) is 19.4 Å². The Balaban J connectivity index is 1.85. The molecule has 2 aromatic carbocycles. The topological polar surface area (TPSA) is 103 Å². The molecule has 0 spiro atoms. The zero-order valence-electron chi connectivity index (χ0n) is 18.8. The molecule has 0 fully saturated rings. The number of likely N-dealkylation sites (N-methyl/N-ethyl adjacent to an activating group) is 1. The lowest BCUT2D eigenvalue weighted by atomic mass is 10.0. The maximum Gasteiger partial charge on any atom is 0.323 e. The fourth-order valence-corrected chi connectivity index (χ4v) is 3.77. The summed E-state index contributed by atoms with van der Waals surface area (Å²) < 4.78 is 6.30. The Morgan fingerprint density at radius 3 is 2.59 bits per heavy atom. The summed E-state index contributed by atoms with van der Waals surface area (Å²) in [5, 5.41) is 18.4. The Morgan fingerprint density at radius 1 is 1.19 bits per heavy atom. The third-order valence-corrected chi connectivity index (χ3v) is 5.61. The number of nitrogens with zero attached hydrogens (tertiary/aromatic N) is 1. The second-order valence-corrected chi connectivity index (χ2v) is 8.21. The number of nitrogens with one attached hydrogen (secondary N) is 3. The van der Waals surface area contributed by atoms with Gasteiger partial charge in [0.15, 0.2) is 0 Å². The molecule has 4 N–H and O–H groups in total. The number of aliphatic hydroxyl groups is 1. The highest BCUT2D eigenvalue weighted by atomic mass is 16.5. The highest BCUT2D eigenvalue weighted by molar-refractivity contribution is 5.99. The quantitative estimate of drug-likeness (QED) is 0.553. The lowest BCUT2D eigenvalue weighted by molar-refractivity contribution is -0.134. The molecule has 1 aliphatic heterocycles. The fraction of sp³-hybridized carbons (Fsp3) is 0.417. The second kappa shape index (κ2) is 11.0. The first-order valence-corrected chi connectivity index (χ1v) is 10.9. The van der Waals surface area contributed by atoms with E-state index < -0.39 is 0 Å². The van der Waals surface area contributed by atoms with Gasteiger partial charge in [0, 0.05) is 35.9 Å². The van der Waals surface area contributed by atoms with Crippen LogP contribution < -0.4 is 20.7 Å². The Morgan fingerprint density at radius 2 is 1.91 bits per heavy atom. The van der Waals surface area contributed by atoms with E-state index in [9.17, 15) is 14.7 Å². The van der Waals surface area contributed by atoms with Crippen LogP contribution in [0.5, 0.6) is 5.75 Å². The zero-order chi connectivity index (χ0) is 23.1. The minimum atomic E-state index is -0.372. The molecule has 3 amide bonds. The number of aliphatic hydroxyl groups excluding tert-OH is 1. The van der Waals surface area contributed by atoms with Crippen LogP contribution in [0, 0.1) is 5.92 Å². The number of urea groups is 1. The highest BCUT2D eigenvalue weighted by Gasteiger charge is 2.30. The summed E-state index contributed by atoms with van der Waals surface area (Å²) >= 11 is 0. The minimum absolute atomic E-state index is 0.0563. The smallest absolute Gasteiger partial charge is 0.323 e. The number of amides is 3. The first-order chi connectivity index (χ1) is 15.4. The summed E-state index contributed by atoms with van der Waals surface area (Å²) in [7, 11) is 1.86. The summed E-state index contributed by atoms with van der Waals surface area (Å²) in [4.78, 5) is 27.2. The van der Waals surface area contributed by atoms with Gasteiger partial charge in [0.2, 0.25) is 5.91 Å². The molecule has 0 bridgehead atoms. The van der Waals surface area contributed by atoms with Crippen molar-refractivity contribution in [1.29, 1.82) is 0 Å². The number of hydrogen-bond donors (Lipinski definition) is 4. The average Bonchev–Trinajstić information content (AvgIpc) is 2.82. The van der Waals surface area contributed by atoms with Crippen LogP contribution in [0.3, 0.4) is 0 Å². The molecule has 0 saturated carbocycles. The molecular formula is C24H32N4O4. The van der Waals surface area contributed by atoms with Gasteiger partial charge in [-0.15, -0.1) is 0 Å². The van der Waals surface area contributed by atoms with Crippen LogP contribution in [0.15, 0.2) is 48.5 Å². The largest absolute Gasteiger partial charge is 0.488 e. The number of ether oxygens (including phenoxy) is 1. The first-order valence-electron chi connectivity index (χ1n) is 10.9. The van der Waals surface area contributed by atoms with E-state index in [0.29, 0.717) is 35.8 Å². The van der Waals surface area contributed by atoms with Gasteiger partial charge < -0.3 is 30.7 Å². The van der Waals surface area contributed by atoms with E-state index >= 15 is 0 Å². The third kappa shape index (κ3) is 5.99. The van der Waals surface area contributed by atoms with Crippen molar-refractivity contribution >= 4 is 23.3 Å². The summed E-state index contributed by atoms with van der Waals surface area (Å²) in [6.45, 7) is 4.88. The molecule has 172 valence electrons. The van der Waals surface area contributed by atoms with Gasteiger partial charge in [0.1, 0.15) is 11.9 Å². The number of hydrogen-bond acceptors (Lipinski definition) is 5. The molecule has 1 heterocycles. The lowest BCUT2D eigenvalue weighted by Crippen LogP contribution is -2.47. The molecule has 1 aliphatic rings. The molecule has 2 aromatic rings. The van der Waals surface area contributed by atoms with Gasteiger partial charge in [0.05, 0.1) is 19.1 Å². The molecule has 3 atom stereocenters. The molecular weight excluding hydrogens is 408 g/mol. The highest BCUT2D eigenvalue weighted by Crippen LogP contribution is 2.29. The Bertz CT molecular complexity index is 921. The van der Waals surface area contributed by atoms with Crippen molar-refractivity contribution in [3.8, 4) is 5.75 Å². The van der Waals surface area contributed by atoms with Gasteiger partial charge in [-0.25, -0.2) is 4.79 Å². The monoisotopic (exact) mass is 440 g/mol. The van der Waals surface area contributed by atoms with Crippen LogP contribution in [-0.2, 0) is 11.2 Å². The van der Waals surface area contributed by atoms with Gasteiger partial charge in [-0.1, -0.05) is 25.1 Å².